The molecular formula is C24H48NNaO2. The average Bonchev–Trinajstić information content (AvgIpc) is 2.65. The number of carbonyl (C=O) groups excluding carboxylic acids is 1. The molecule has 1 unspecified atom stereocenters. The molecule has 0 bridgehead atoms. The van der Waals surface area contributed by atoms with Crippen molar-refractivity contribution >= 4 is 5.97 Å². The van der Waals surface area contributed by atoms with Gasteiger partial charge in [-0.05, 0) is 32.4 Å². The van der Waals surface area contributed by atoms with Crippen molar-refractivity contribution in [3.05, 3.63) is 0 Å². The van der Waals surface area contributed by atoms with Gasteiger partial charge in [0.2, 0.25) is 0 Å². The third-order valence-corrected chi connectivity index (χ3v) is 5.70. The minimum Gasteiger partial charge on any atom is -0.548 e. The molecule has 0 aromatic heterocycles. The Labute approximate surface area is 198 Å². The Morgan fingerprint density at radius 2 is 0.964 bits per heavy atom. The summed E-state index contributed by atoms with van der Waals surface area (Å²) < 4.78 is 0. The summed E-state index contributed by atoms with van der Waals surface area (Å²) in [6, 6.07) is -0.404. The standard InChI is InChI=1S/C24H49NO2.Na/c1-4-7-9-11-13-15-17-19-21-25(23(6-3)24(26)27)22-20-18-16-14-12-10-8-5-2;/h23H,4-22H2,1-3H3,(H,26,27);/q;+1/p-1. The summed E-state index contributed by atoms with van der Waals surface area (Å²) in [6.45, 7) is 8.30. The first kappa shape index (κ1) is 30.6. The van der Waals surface area contributed by atoms with Gasteiger partial charge < -0.3 is 9.90 Å². The third kappa shape index (κ3) is 18.5. The number of unbranched alkanes of at least 4 members (excludes halogenated alkanes) is 14. The first-order valence-electron chi connectivity index (χ1n) is 12.1. The van der Waals surface area contributed by atoms with Crippen LogP contribution in [0, 0.1) is 0 Å². The topological polar surface area (TPSA) is 43.4 Å². The summed E-state index contributed by atoms with van der Waals surface area (Å²) in [4.78, 5) is 13.7. The Morgan fingerprint density at radius 1 is 0.643 bits per heavy atom. The second kappa shape index (κ2) is 23.7. The van der Waals surface area contributed by atoms with Crippen LogP contribution in [0.1, 0.15) is 130 Å². The molecule has 0 radical (unpaired) electrons. The quantitative estimate of drug-likeness (QED) is 0.218. The fraction of sp³-hybridized carbons (Fsp3) is 0.958. The average molecular weight is 406 g/mol. The van der Waals surface area contributed by atoms with Gasteiger partial charge in [0.25, 0.3) is 0 Å². The molecule has 0 aliphatic carbocycles. The first-order chi connectivity index (χ1) is 13.2. The van der Waals surface area contributed by atoms with Crippen molar-refractivity contribution in [1.82, 2.24) is 4.90 Å². The number of aliphatic carboxylic acids is 1. The first-order valence-corrected chi connectivity index (χ1v) is 12.1. The van der Waals surface area contributed by atoms with E-state index in [0.29, 0.717) is 6.42 Å². The van der Waals surface area contributed by atoms with Crippen LogP contribution in [-0.4, -0.2) is 30.0 Å². The van der Waals surface area contributed by atoms with Crippen molar-refractivity contribution < 1.29 is 39.5 Å². The molecule has 0 rings (SSSR count). The SMILES string of the molecule is CCCCCCCCCCN(CCCCCCCCCC)C(CC)C(=O)[O-].[Na+]. The van der Waals surface area contributed by atoms with Crippen LogP contribution < -0.4 is 34.7 Å². The molecule has 0 saturated heterocycles. The van der Waals surface area contributed by atoms with E-state index in [1.54, 1.807) is 0 Å². The van der Waals surface area contributed by atoms with E-state index < -0.39 is 12.0 Å². The largest absolute Gasteiger partial charge is 1.00 e. The number of nitrogens with zero attached hydrogens (tertiary/aromatic N) is 1. The minimum absolute atomic E-state index is 0. The number of rotatable bonds is 21. The van der Waals surface area contributed by atoms with Gasteiger partial charge in [-0.25, -0.2) is 0 Å². The maximum Gasteiger partial charge on any atom is 1.00 e. The van der Waals surface area contributed by atoms with E-state index in [1.807, 2.05) is 6.92 Å². The summed E-state index contributed by atoms with van der Waals surface area (Å²) >= 11 is 0. The Morgan fingerprint density at radius 3 is 1.25 bits per heavy atom. The normalized spacial score (nSPS) is 12.1. The molecule has 3 nitrogen and oxygen atoms in total. The summed E-state index contributed by atoms with van der Waals surface area (Å²) in [5.74, 6) is -0.892. The van der Waals surface area contributed by atoms with Gasteiger partial charge in [0.1, 0.15) is 0 Å². The van der Waals surface area contributed by atoms with Gasteiger partial charge >= 0.3 is 29.6 Å². The minimum atomic E-state index is -0.892. The van der Waals surface area contributed by atoms with Gasteiger partial charge in [-0.3, -0.25) is 4.90 Å². The van der Waals surface area contributed by atoms with E-state index >= 15 is 0 Å². The Kier molecular flexibility index (Phi) is 25.9. The smallest absolute Gasteiger partial charge is 0.548 e. The molecule has 0 aromatic carbocycles. The van der Waals surface area contributed by atoms with Crippen LogP contribution in [0.25, 0.3) is 0 Å². The molecule has 0 fully saturated rings. The third-order valence-electron chi connectivity index (χ3n) is 5.70. The van der Waals surface area contributed by atoms with Crippen molar-refractivity contribution in [1.29, 1.82) is 0 Å². The van der Waals surface area contributed by atoms with Crippen LogP contribution in [0.2, 0.25) is 0 Å². The maximum atomic E-state index is 11.5. The Hall–Kier alpha value is 0.430. The molecule has 0 heterocycles. The molecule has 0 N–H and O–H groups in total. The van der Waals surface area contributed by atoms with Gasteiger partial charge in [-0.2, -0.15) is 0 Å². The predicted octanol–water partition coefficient (Wildman–Crippen LogP) is 3.10. The van der Waals surface area contributed by atoms with Crippen molar-refractivity contribution in [3.63, 3.8) is 0 Å². The van der Waals surface area contributed by atoms with Crippen molar-refractivity contribution in [2.45, 2.75) is 136 Å². The molecular weight excluding hydrogens is 357 g/mol. The van der Waals surface area contributed by atoms with Crippen LogP contribution in [0.3, 0.4) is 0 Å². The second-order valence-corrected chi connectivity index (χ2v) is 8.23. The molecule has 4 heteroatoms. The monoisotopic (exact) mass is 405 g/mol. The molecule has 28 heavy (non-hydrogen) atoms. The van der Waals surface area contributed by atoms with Crippen molar-refractivity contribution in [2.24, 2.45) is 0 Å². The number of carboxylic acid groups (broad SMARTS) is 1. The van der Waals surface area contributed by atoms with Gasteiger partial charge in [0.05, 0.1) is 5.97 Å². The molecule has 0 amide bonds. The van der Waals surface area contributed by atoms with E-state index in [2.05, 4.69) is 18.7 Å². The molecule has 0 spiro atoms. The van der Waals surface area contributed by atoms with E-state index in [1.165, 1.54) is 89.9 Å². The van der Waals surface area contributed by atoms with Gasteiger partial charge in [-0.1, -0.05) is 111 Å². The van der Waals surface area contributed by atoms with Gasteiger partial charge in [0.15, 0.2) is 0 Å². The van der Waals surface area contributed by atoms with Crippen LogP contribution >= 0.6 is 0 Å². The zero-order valence-electron chi connectivity index (χ0n) is 19.8. The van der Waals surface area contributed by atoms with E-state index in [4.69, 9.17) is 0 Å². The van der Waals surface area contributed by atoms with Crippen molar-refractivity contribution in [3.8, 4) is 0 Å². The van der Waals surface area contributed by atoms with Gasteiger partial charge in [-0.15, -0.1) is 0 Å². The van der Waals surface area contributed by atoms with Crippen molar-refractivity contribution in [2.75, 3.05) is 13.1 Å². The molecule has 0 aliphatic heterocycles. The number of carbonyl (C=O) groups is 1. The predicted molar refractivity (Wildman–Crippen MR) is 116 cm³/mol. The van der Waals surface area contributed by atoms with Crippen LogP contribution in [0.5, 0.6) is 0 Å². The summed E-state index contributed by atoms with van der Waals surface area (Å²) in [5.41, 5.74) is 0. The summed E-state index contributed by atoms with van der Waals surface area (Å²) in [6.07, 6.45) is 21.3. The molecule has 162 valence electrons. The number of hydrogen-bond acceptors (Lipinski definition) is 3. The molecule has 1 atom stereocenters. The maximum absolute atomic E-state index is 11.5. The van der Waals surface area contributed by atoms with Crippen LogP contribution in [0.15, 0.2) is 0 Å². The Bertz CT molecular complexity index is 306. The fourth-order valence-electron chi connectivity index (χ4n) is 3.89. The van der Waals surface area contributed by atoms with E-state index in [-0.39, 0.29) is 29.6 Å². The number of hydrogen-bond donors (Lipinski definition) is 0. The van der Waals surface area contributed by atoms with E-state index in [9.17, 15) is 9.90 Å². The van der Waals surface area contributed by atoms with Crippen LogP contribution in [0.4, 0.5) is 0 Å². The van der Waals surface area contributed by atoms with Gasteiger partial charge in [0, 0.05) is 6.04 Å². The summed E-state index contributed by atoms with van der Waals surface area (Å²) in [7, 11) is 0. The fourth-order valence-corrected chi connectivity index (χ4v) is 3.89. The summed E-state index contributed by atoms with van der Waals surface area (Å²) in [5, 5.41) is 11.5. The molecule has 0 aromatic rings. The van der Waals surface area contributed by atoms with Crippen LogP contribution in [-0.2, 0) is 4.79 Å². The number of carboxylic acids is 1. The van der Waals surface area contributed by atoms with E-state index in [0.717, 1.165) is 25.9 Å². The molecule has 0 aliphatic rings. The Balaban J connectivity index is 0. The molecule has 0 saturated carbocycles. The second-order valence-electron chi connectivity index (χ2n) is 8.23. The zero-order chi connectivity index (χ0) is 20.2. The zero-order valence-corrected chi connectivity index (χ0v) is 21.8.